The number of ketones is 1. The number of rotatable bonds is 2. The van der Waals surface area contributed by atoms with Crippen molar-refractivity contribution in [1.29, 1.82) is 0 Å². The predicted molar refractivity (Wildman–Crippen MR) is 115 cm³/mol. The van der Waals surface area contributed by atoms with Gasteiger partial charge in [-0.25, -0.2) is 0 Å². The number of methoxy groups -OCH3 is 2. The number of nitrogens with zero attached hydrogens (tertiary/aromatic N) is 2. The van der Waals surface area contributed by atoms with Gasteiger partial charge in [-0.15, -0.1) is 0 Å². The number of likely N-dealkylation sites (N-methyl/N-ethyl adjacent to an activating group) is 1. The van der Waals surface area contributed by atoms with Crippen LogP contribution in [-0.4, -0.2) is 69.9 Å². The molecule has 5 rings (SSSR count). The first-order valence-electron chi connectivity index (χ1n) is 11.0. The van der Waals surface area contributed by atoms with Gasteiger partial charge in [0.1, 0.15) is 11.5 Å². The van der Waals surface area contributed by atoms with Crippen molar-refractivity contribution in [3.05, 3.63) is 35.4 Å². The van der Waals surface area contributed by atoms with Crippen LogP contribution in [-0.2, 0) is 24.5 Å². The summed E-state index contributed by atoms with van der Waals surface area (Å²) in [5, 5.41) is 0. The molecule has 31 heavy (non-hydrogen) atoms. The van der Waals surface area contributed by atoms with Crippen LogP contribution in [0.15, 0.2) is 29.8 Å². The molecule has 0 radical (unpaired) electrons. The smallest absolute Gasteiger partial charge is 0.284 e. The van der Waals surface area contributed by atoms with Crippen molar-refractivity contribution in [3.63, 3.8) is 0 Å². The number of carbonyl (C=O) groups excluding carboxylic acids is 2. The molecule has 7 nitrogen and oxygen atoms in total. The molecule has 0 N–H and O–H groups in total. The Balaban J connectivity index is 1.79. The molecule has 1 aromatic rings. The molecule has 3 aliphatic heterocycles. The number of anilines is 1. The second kappa shape index (κ2) is 7.43. The molecule has 2 saturated heterocycles. The summed E-state index contributed by atoms with van der Waals surface area (Å²) in [6, 6.07) is 5.45. The number of ether oxygens (including phenoxy) is 3. The molecule has 7 heteroatoms. The summed E-state index contributed by atoms with van der Waals surface area (Å²) in [6.45, 7) is 4.02. The van der Waals surface area contributed by atoms with Gasteiger partial charge in [0.15, 0.2) is 0 Å². The second-order valence-corrected chi connectivity index (χ2v) is 9.16. The molecule has 1 spiro atoms. The fourth-order valence-electron chi connectivity index (χ4n) is 6.39. The van der Waals surface area contributed by atoms with Crippen LogP contribution >= 0.6 is 0 Å². The quantitative estimate of drug-likeness (QED) is 0.675. The van der Waals surface area contributed by atoms with Crippen molar-refractivity contribution in [2.45, 2.75) is 37.5 Å². The number of fused-ring (bicyclic) bond motifs is 5. The van der Waals surface area contributed by atoms with E-state index in [0.717, 1.165) is 24.3 Å². The Bertz CT molecular complexity index is 959. The molecule has 1 saturated carbocycles. The number of amides is 1. The van der Waals surface area contributed by atoms with Crippen molar-refractivity contribution in [2.24, 2.45) is 11.8 Å². The Hall–Kier alpha value is -2.22. The molecule has 2 bridgehead atoms. The lowest BCUT2D eigenvalue weighted by atomic mass is 9.57. The van der Waals surface area contributed by atoms with Gasteiger partial charge in [0.2, 0.25) is 6.29 Å². The SMILES string of the molecule is CC=C1CN(C)CC[C@]23C(=O)C[C@@H]1[C@H]1CO[C@@H](OC)C(=O)N(c4ccc(OC)cc42)[C@@H]13. The van der Waals surface area contributed by atoms with Gasteiger partial charge in [0.25, 0.3) is 5.91 Å². The van der Waals surface area contributed by atoms with Gasteiger partial charge in [-0.2, -0.15) is 0 Å². The van der Waals surface area contributed by atoms with E-state index in [1.54, 1.807) is 7.11 Å². The zero-order chi connectivity index (χ0) is 21.9. The summed E-state index contributed by atoms with van der Waals surface area (Å²) in [4.78, 5) is 31.7. The van der Waals surface area contributed by atoms with Crippen molar-refractivity contribution in [1.82, 2.24) is 4.90 Å². The standard InChI is InChI=1S/C24H30N2O5/c1-5-14-12-25(2)9-8-24-18-10-15(29-3)6-7-19(18)26-21(24)17(16(14)11-20(24)27)13-31-23(30-4)22(26)28/h5-7,10,16-17,21,23H,8-9,11-13H2,1-4H3/t16-,17+,21-,23+,24+/m0/s1. The summed E-state index contributed by atoms with van der Waals surface area (Å²) in [7, 11) is 5.23. The highest BCUT2D eigenvalue weighted by atomic mass is 16.7. The molecule has 5 atom stereocenters. The normalized spacial score (nSPS) is 36.5. The van der Waals surface area contributed by atoms with Gasteiger partial charge >= 0.3 is 0 Å². The monoisotopic (exact) mass is 426 g/mol. The Morgan fingerprint density at radius 2 is 2.06 bits per heavy atom. The molecule has 0 unspecified atom stereocenters. The zero-order valence-electron chi connectivity index (χ0n) is 18.6. The third-order valence-corrected chi connectivity index (χ3v) is 7.83. The molecule has 4 aliphatic rings. The van der Waals surface area contributed by atoms with Crippen molar-refractivity contribution in [2.75, 3.05) is 45.9 Å². The number of allylic oxidation sites excluding steroid dienone is 1. The van der Waals surface area contributed by atoms with Gasteiger partial charge in [0, 0.05) is 31.7 Å². The first-order valence-corrected chi connectivity index (χ1v) is 11.0. The lowest BCUT2D eigenvalue weighted by molar-refractivity contribution is -0.162. The van der Waals surface area contributed by atoms with Gasteiger partial charge in [-0.1, -0.05) is 11.6 Å². The van der Waals surface area contributed by atoms with E-state index in [4.69, 9.17) is 14.2 Å². The topological polar surface area (TPSA) is 68.3 Å². The molecule has 166 valence electrons. The number of Topliss-reactive ketones (excluding diaryl/α,β-unsaturated/α-hetero) is 1. The van der Waals surface area contributed by atoms with Crippen LogP contribution < -0.4 is 9.64 Å². The van der Waals surface area contributed by atoms with Crippen LogP contribution in [0.1, 0.15) is 25.3 Å². The van der Waals surface area contributed by atoms with Crippen molar-refractivity contribution in [3.8, 4) is 5.75 Å². The Morgan fingerprint density at radius 3 is 2.77 bits per heavy atom. The number of hydrogen-bond donors (Lipinski definition) is 0. The van der Waals surface area contributed by atoms with Crippen LogP contribution in [0.4, 0.5) is 5.69 Å². The number of carbonyl (C=O) groups is 2. The molecule has 1 aliphatic carbocycles. The fraction of sp³-hybridized carbons (Fsp3) is 0.583. The minimum atomic E-state index is -0.966. The molecule has 1 aromatic carbocycles. The van der Waals surface area contributed by atoms with E-state index in [0.29, 0.717) is 25.2 Å². The van der Waals surface area contributed by atoms with Gasteiger partial charge < -0.3 is 24.0 Å². The summed E-state index contributed by atoms with van der Waals surface area (Å²) in [5.74, 6) is 0.739. The number of hydrogen-bond acceptors (Lipinski definition) is 6. The molecular weight excluding hydrogens is 396 g/mol. The Labute approximate surface area is 182 Å². The second-order valence-electron chi connectivity index (χ2n) is 9.16. The minimum Gasteiger partial charge on any atom is -0.497 e. The molecular formula is C24H30N2O5. The van der Waals surface area contributed by atoms with Gasteiger partial charge in [0.05, 0.1) is 25.2 Å². The molecule has 0 aromatic heterocycles. The van der Waals surface area contributed by atoms with E-state index >= 15 is 0 Å². The summed E-state index contributed by atoms with van der Waals surface area (Å²) < 4.78 is 16.9. The maximum atomic E-state index is 14.0. The van der Waals surface area contributed by atoms with E-state index in [2.05, 4.69) is 18.0 Å². The largest absolute Gasteiger partial charge is 0.497 e. The highest BCUT2D eigenvalue weighted by Crippen LogP contribution is 2.58. The third-order valence-electron chi connectivity index (χ3n) is 7.83. The van der Waals surface area contributed by atoms with E-state index in [9.17, 15) is 9.59 Å². The zero-order valence-corrected chi connectivity index (χ0v) is 18.6. The van der Waals surface area contributed by atoms with Crippen molar-refractivity contribution >= 4 is 17.4 Å². The van der Waals surface area contributed by atoms with E-state index in [1.165, 1.54) is 12.7 Å². The van der Waals surface area contributed by atoms with Crippen LogP contribution in [0.5, 0.6) is 5.75 Å². The minimum absolute atomic E-state index is 0.0119. The van der Waals surface area contributed by atoms with E-state index in [1.807, 2.05) is 30.0 Å². The van der Waals surface area contributed by atoms with E-state index in [-0.39, 0.29) is 29.6 Å². The molecule has 3 heterocycles. The molecule has 1 amide bonds. The summed E-state index contributed by atoms with van der Waals surface area (Å²) >= 11 is 0. The summed E-state index contributed by atoms with van der Waals surface area (Å²) in [5.41, 5.74) is 2.18. The average molecular weight is 427 g/mol. The predicted octanol–water partition coefficient (Wildman–Crippen LogP) is 2.14. The van der Waals surface area contributed by atoms with Crippen LogP contribution in [0, 0.1) is 11.8 Å². The van der Waals surface area contributed by atoms with E-state index < -0.39 is 11.7 Å². The lowest BCUT2D eigenvalue weighted by Gasteiger charge is -2.47. The van der Waals surface area contributed by atoms with Crippen molar-refractivity contribution < 1.29 is 23.8 Å². The Morgan fingerprint density at radius 1 is 1.26 bits per heavy atom. The average Bonchev–Trinajstić information content (AvgIpc) is 3.02. The van der Waals surface area contributed by atoms with Crippen LogP contribution in [0.3, 0.4) is 0 Å². The first kappa shape index (κ1) is 20.7. The fourth-order valence-corrected chi connectivity index (χ4v) is 6.39. The number of benzene rings is 1. The maximum Gasteiger partial charge on any atom is 0.284 e. The van der Waals surface area contributed by atoms with Crippen LogP contribution in [0.2, 0.25) is 0 Å². The highest BCUT2D eigenvalue weighted by Gasteiger charge is 2.65. The lowest BCUT2D eigenvalue weighted by Crippen LogP contribution is -2.61. The van der Waals surface area contributed by atoms with Gasteiger partial charge in [-0.3, -0.25) is 9.59 Å². The highest BCUT2D eigenvalue weighted by molar-refractivity contribution is 6.06. The molecule has 3 fully saturated rings. The maximum absolute atomic E-state index is 14.0. The van der Waals surface area contributed by atoms with Gasteiger partial charge in [-0.05, 0) is 56.6 Å². The first-order chi connectivity index (χ1) is 15.0. The summed E-state index contributed by atoms with van der Waals surface area (Å²) in [6.07, 6.45) is 2.30. The van der Waals surface area contributed by atoms with Crippen LogP contribution in [0.25, 0.3) is 0 Å². The Kier molecular flexibility index (Phi) is 4.95. The third kappa shape index (κ3) is 2.76.